The minimum Gasteiger partial charge on any atom is -0.273 e. The van der Waals surface area contributed by atoms with Gasteiger partial charge in [-0.05, 0) is 50.8 Å². The summed E-state index contributed by atoms with van der Waals surface area (Å²) < 4.78 is 1.91. The number of nitrogens with one attached hydrogen (secondary N) is 2. The smallest absolute Gasteiger partial charge is 0.242 e. The zero-order valence-corrected chi connectivity index (χ0v) is 17.3. The first kappa shape index (κ1) is 20.5. The van der Waals surface area contributed by atoms with E-state index in [0.717, 1.165) is 33.4 Å². The molecule has 2 amide bonds. The van der Waals surface area contributed by atoms with E-state index >= 15 is 0 Å². The van der Waals surface area contributed by atoms with E-state index in [1.54, 1.807) is 0 Å². The average Bonchev–Trinajstić information content (AvgIpc) is 3.11. The Morgan fingerprint density at radius 2 is 1.76 bits per heavy atom. The van der Waals surface area contributed by atoms with Crippen LogP contribution in [-0.2, 0) is 22.4 Å². The average molecular weight is 393 g/mol. The van der Waals surface area contributed by atoms with Crippen LogP contribution < -0.4 is 10.9 Å². The number of carbonyl (C=O) groups is 2. The molecule has 0 aliphatic rings. The molecule has 7 nitrogen and oxygen atoms in total. The number of hydrogen-bond acceptors (Lipinski definition) is 4. The number of nitrogens with zero attached hydrogens (tertiary/aromatic N) is 3. The van der Waals surface area contributed by atoms with E-state index in [1.165, 1.54) is 0 Å². The molecular weight excluding hydrogens is 366 g/mol. The zero-order valence-electron chi connectivity index (χ0n) is 17.3. The highest BCUT2D eigenvalue weighted by Crippen LogP contribution is 2.25. The summed E-state index contributed by atoms with van der Waals surface area (Å²) in [5.41, 5.74) is 9.78. The summed E-state index contributed by atoms with van der Waals surface area (Å²) in [6.07, 6.45) is 2.87. The minimum absolute atomic E-state index is 0.222. The van der Waals surface area contributed by atoms with Gasteiger partial charge >= 0.3 is 0 Å². The molecule has 0 aliphatic heterocycles. The predicted molar refractivity (Wildman–Crippen MR) is 112 cm³/mol. The highest BCUT2D eigenvalue weighted by atomic mass is 16.2. The number of carbonyl (C=O) groups excluding carboxylic acids is 2. The van der Waals surface area contributed by atoms with Gasteiger partial charge in [-0.15, -0.1) is 0 Å². The fraction of sp³-hybridized carbons (Fsp3) is 0.364. The first-order chi connectivity index (χ1) is 13.9. The molecule has 0 saturated carbocycles. The second-order valence-corrected chi connectivity index (χ2v) is 7.48. The maximum absolute atomic E-state index is 12.2. The third-order valence-corrected chi connectivity index (χ3v) is 4.98. The van der Waals surface area contributed by atoms with Gasteiger partial charge in [-0.2, -0.15) is 5.10 Å². The Kier molecular flexibility index (Phi) is 6.26. The second-order valence-electron chi connectivity index (χ2n) is 7.48. The topological polar surface area (TPSA) is 88.9 Å². The quantitative estimate of drug-likeness (QED) is 0.630. The number of aryl methyl sites for hydroxylation is 2. The molecule has 0 fully saturated rings. The van der Waals surface area contributed by atoms with E-state index in [9.17, 15) is 9.59 Å². The summed E-state index contributed by atoms with van der Waals surface area (Å²) >= 11 is 0. The van der Waals surface area contributed by atoms with Crippen molar-refractivity contribution in [1.29, 1.82) is 0 Å². The number of amides is 2. The lowest BCUT2D eigenvalue weighted by atomic mass is 10.0. The Bertz CT molecular complexity index is 1020. The fourth-order valence-electron chi connectivity index (χ4n) is 3.40. The Labute approximate surface area is 170 Å². The molecule has 0 unspecified atom stereocenters. The van der Waals surface area contributed by atoms with E-state index in [0.29, 0.717) is 6.42 Å². The van der Waals surface area contributed by atoms with Crippen molar-refractivity contribution >= 4 is 22.8 Å². The number of hydrazine groups is 1. The van der Waals surface area contributed by atoms with Crippen LogP contribution in [0.3, 0.4) is 0 Å². The van der Waals surface area contributed by atoms with Crippen molar-refractivity contribution in [3.8, 4) is 0 Å². The van der Waals surface area contributed by atoms with E-state index < -0.39 is 0 Å². The number of hydrogen-bond donors (Lipinski definition) is 2. The van der Waals surface area contributed by atoms with Crippen LogP contribution in [0, 0.1) is 13.8 Å². The monoisotopic (exact) mass is 393 g/mol. The van der Waals surface area contributed by atoms with E-state index in [-0.39, 0.29) is 30.7 Å². The molecule has 0 saturated heterocycles. The second kappa shape index (κ2) is 8.86. The van der Waals surface area contributed by atoms with Crippen LogP contribution in [0.2, 0.25) is 0 Å². The number of aromatic nitrogens is 3. The molecule has 7 heteroatoms. The van der Waals surface area contributed by atoms with Crippen molar-refractivity contribution < 1.29 is 9.59 Å². The normalized spacial score (nSPS) is 11.1. The van der Waals surface area contributed by atoms with Crippen molar-refractivity contribution in [2.24, 2.45) is 0 Å². The molecular formula is C22H27N5O2. The first-order valence-electron chi connectivity index (χ1n) is 9.81. The van der Waals surface area contributed by atoms with Gasteiger partial charge in [0.05, 0.1) is 12.6 Å². The third kappa shape index (κ3) is 4.80. The molecule has 2 aromatic heterocycles. The van der Waals surface area contributed by atoms with Gasteiger partial charge in [-0.3, -0.25) is 20.4 Å². The van der Waals surface area contributed by atoms with Gasteiger partial charge in [0.15, 0.2) is 5.65 Å². The maximum Gasteiger partial charge on any atom is 0.242 e. The van der Waals surface area contributed by atoms with Crippen LogP contribution in [0.15, 0.2) is 36.5 Å². The van der Waals surface area contributed by atoms with Crippen LogP contribution in [0.1, 0.15) is 48.7 Å². The summed E-state index contributed by atoms with van der Waals surface area (Å²) in [6, 6.07) is 9.63. The molecule has 0 aliphatic carbocycles. The van der Waals surface area contributed by atoms with Crippen LogP contribution in [0.4, 0.5) is 0 Å². The van der Waals surface area contributed by atoms with Gasteiger partial charge in [0.2, 0.25) is 11.8 Å². The van der Waals surface area contributed by atoms with Crippen molar-refractivity contribution in [3.63, 3.8) is 0 Å². The molecule has 1 aromatic carbocycles. The Hall–Kier alpha value is -3.22. The van der Waals surface area contributed by atoms with Gasteiger partial charge in [0.1, 0.15) is 0 Å². The lowest BCUT2D eigenvalue weighted by Crippen LogP contribution is -2.42. The van der Waals surface area contributed by atoms with Gasteiger partial charge in [-0.25, -0.2) is 9.67 Å². The summed E-state index contributed by atoms with van der Waals surface area (Å²) in [4.78, 5) is 28.9. The number of rotatable bonds is 6. The molecule has 0 radical (unpaired) electrons. The Morgan fingerprint density at radius 1 is 1.07 bits per heavy atom. The van der Waals surface area contributed by atoms with E-state index in [2.05, 4.69) is 29.8 Å². The maximum atomic E-state index is 12.2. The Balaban J connectivity index is 1.58. The summed E-state index contributed by atoms with van der Waals surface area (Å²) in [5.74, 6) is -0.482. The van der Waals surface area contributed by atoms with Crippen LogP contribution in [0.25, 0.3) is 11.0 Å². The van der Waals surface area contributed by atoms with E-state index in [4.69, 9.17) is 4.98 Å². The molecule has 29 heavy (non-hydrogen) atoms. The van der Waals surface area contributed by atoms with Gasteiger partial charge in [0, 0.05) is 23.5 Å². The van der Waals surface area contributed by atoms with Gasteiger partial charge in [0.25, 0.3) is 0 Å². The standard InChI is InChI=1S/C22H27N5O2/c1-14(2)27-22-19(13-23-27)15(3)18(16(4)24-22)10-11-20(28)25-26-21(29)12-17-8-6-5-7-9-17/h5-9,13-14H,10-12H2,1-4H3,(H,25,28)(H,26,29). The molecule has 2 heterocycles. The number of fused-ring (bicyclic) bond motifs is 1. The Morgan fingerprint density at radius 3 is 2.45 bits per heavy atom. The molecule has 0 spiro atoms. The molecule has 0 bridgehead atoms. The summed E-state index contributed by atoms with van der Waals surface area (Å²) in [5, 5.41) is 5.45. The van der Waals surface area contributed by atoms with Gasteiger partial charge in [-0.1, -0.05) is 30.3 Å². The number of benzene rings is 1. The lowest BCUT2D eigenvalue weighted by Gasteiger charge is -2.13. The summed E-state index contributed by atoms with van der Waals surface area (Å²) in [7, 11) is 0. The molecule has 3 aromatic rings. The van der Waals surface area contributed by atoms with Crippen LogP contribution in [0.5, 0.6) is 0 Å². The number of pyridine rings is 1. The fourth-order valence-corrected chi connectivity index (χ4v) is 3.40. The highest BCUT2D eigenvalue weighted by molar-refractivity contribution is 5.84. The van der Waals surface area contributed by atoms with Gasteiger partial charge < -0.3 is 0 Å². The predicted octanol–water partition coefficient (Wildman–Crippen LogP) is 2.95. The van der Waals surface area contributed by atoms with Crippen LogP contribution >= 0.6 is 0 Å². The third-order valence-electron chi connectivity index (χ3n) is 4.98. The van der Waals surface area contributed by atoms with Crippen molar-refractivity contribution in [2.45, 2.75) is 53.0 Å². The largest absolute Gasteiger partial charge is 0.273 e. The molecule has 152 valence electrons. The highest BCUT2D eigenvalue weighted by Gasteiger charge is 2.16. The van der Waals surface area contributed by atoms with E-state index in [1.807, 2.05) is 55.1 Å². The zero-order chi connectivity index (χ0) is 21.0. The molecule has 3 rings (SSSR count). The van der Waals surface area contributed by atoms with Crippen LogP contribution in [-0.4, -0.2) is 26.6 Å². The van der Waals surface area contributed by atoms with Crippen molar-refractivity contribution in [1.82, 2.24) is 25.6 Å². The molecule has 2 N–H and O–H groups in total. The molecule has 0 atom stereocenters. The minimum atomic E-state index is -0.249. The SMILES string of the molecule is Cc1nc2c(cnn2C(C)C)c(C)c1CCC(=O)NNC(=O)Cc1ccccc1. The lowest BCUT2D eigenvalue weighted by molar-refractivity contribution is -0.128. The summed E-state index contributed by atoms with van der Waals surface area (Å²) in [6.45, 7) is 8.14. The first-order valence-corrected chi connectivity index (χ1v) is 9.81. The van der Waals surface area contributed by atoms with Crippen molar-refractivity contribution in [3.05, 3.63) is 58.9 Å². The van der Waals surface area contributed by atoms with Crippen molar-refractivity contribution in [2.75, 3.05) is 0 Å².